The highest BCUT2D eigenvalue weighted by Crippen LogP contribution is 2.34. The topological polar surface area (TPSA) is 125 Å². The number of benzene rings is 1. The molecule has 1 aromatic heterocycles. The number of hydrogen-bond donors (Lipinski definition) is 2. The molecule has 1 fully saturated rings. The molecule has 31 heavy (non-hydrogen) atoms. The predicted octanol–water partition coefficient (Wildman–Crippen LogP) is 3.70. The van der Waals surface area contributed by atoms with Crippen LogP contribution in [-0.4, -0.2) is 37.2 Å². The number of nitrogens with two attached hydrogens (primary N) is 1. The summed E-state index contributed by atoms with van der Waals surface area (Å²) in [5, 5.41) is 27.6. The highest BCUT2D eigenvalue weighted by Gasteiger charge is 2.34. The van der Waals surface area contributed by atoms with Crippen molar-refractivity contribution in [3.63, 3.8) is 0 Å². The van der Waals surface area contributed by atoms with E-state index in [0.29, 0.717) is 0 Å². The van der Waals surface area contributed by atoms with E-state index in [1.54, 1.807) is 12.1 Å². The highest BCUT2D eigenvalue weighted by atomic mass is 16.6. The van der Waals surface area contributed by atoms with Crippen molar-refractivity contribution < 1.29 is 4.92 Å². The van der Waals surface area contributed by atoms with E-state index in [2.05, 4.69) is 55.5 Å². The molecule has 9 nitrogen and oxygen atoms in total. The largest absolute Gasteiger partial charge is 0.328 e. The number of nitrogens with zero attached hydrogens (tertiary/aromatic N) is 5. The van der Waals surface area contributed by atoms with Crippen LogP contribution in [0.25, 0.3) is 0 Å². The van der Waals surface area contributed by atoms with Crippen LogP contribution in [0.1, 0.15) is 84.2 Å². The van der Waals surface area contributed by atoms with E-state index in [-0.39, 0.29) is 39.7 Å². The molecule has 1 aliphatic carbocycles. The Balaban J connectivity index is 1.97. The summed E-state index contributed by atoms with van der Waals surface area (Å²) >= 11 is 0. The van der Waals surface area contributed by atoms with Gasteiger partial charge in [-0.1, -0.05) is 32.9 Å². The molecule has 3 N–H and O–H groups in total. The summed E-state index contributed by atoms with van der Waals surface area (Å²) in [5.41, 5.74) is 6.87. The SMILES string of the molecule is CC(C)(C)CC(C)(C)n1nnnc1C(NC1CCC(N)CC1)c1ccc([N+](=O)[O-])cc1. The zero-order valence-electron chi connectivity index (χ0n) is 19.2. The Labute approximate surface area is 183 Å². The zero-order chi connectivity index (χ0) is 22.8. The van der Waals surface area contributed by atoms with Crippen molar-refractivity contribution in [3.05, 3.63) is 45.8 Å². The molecular formula is C22H35N7O2. The van der Waals surface area contributed by atoms with E-state index in [4.69, 9.17) is 5.73 Å². The molecule has 1 aromatic carbocycles. The standard InChI is InChI=1S/C22H35N7O2/c1-21(2,3)14-22(4,5)28-20(25-26-27-28)19(24-17-10-8-16(23)9-11-17)15-6-12-18(13-7-15)29(30)31/h6-7,12-13,16-17,19,24H,8-11,14,23H2,1-5H3. The molecule has 3 rings (SSSR count). The third-order valence-electron chi connectivity index (χ3n) is 5.90. The third-order valence-corrected chi connectivity index (χ3v) is 5.90. The molecule has 2 aromatic rings. The minimum absolute atomic E-state index is 0.0683. The Kier molecular flexibility index (Phi) is 6.76. The lowest BCUT2D eigenvalue weighted by Gasteiger charge is -2.35. The number of hydrogen-bond acceptors (Lipinski definition) is 7. The Hall–Kier alpha value is -2.39. The van der Waals surface area contributed by atoms with Crippen LogP contribution >= 0.6 is 0 Å². The molecule has 0 radical (unpaired) electrons. The van der Waals surface area contributed by atoms with Crippen LogP contribution in [0.2, 0.25) is 0 Å². The fourth-order valence-electron chi connectivity index (χ4n) is 4.81. The predicted molar refractivity (Wildman–Crippen MR) is 120 cm³/mol. The lowest BCUT2D eigenvalue weighted by Crippen LogP contribution is -2.42. The average molecular weight is 430 g/mol. The molecule has 0 bridgehead atoms. The first kappa shape index (κ1) is 23.3. The summed E-state index contributed by atoms with van der Waals surface area (Å²) in [4.78, 5) is 10.7. The van der Waals surface area contributed by atoms with E-state index < -0.39 is 0 Å². The molecule has 170 valence electrons. The van der Waals surface area contributed by atoms with Gasteiger partial charge in [-0.15, -0.1) is 5.10 Å². The molecule has 1 atom stereocenters. The van der Waals surface area contributed by atoms with Crippen LogP contribution < -0.4 is 11.1 Å². The van der Waals surface area contributed by atoms with Gasteiger partial charge in [0.1, 0.15) is 0 Å². The number of nitrogens with one attached hydrogen (secondary N) is 1. The van der Waals surface area contributed by atoms with E-state index in [0.717, 1.165) is 43.5 Å². The second-order valence-corrected chi connectivity index (χ2v) is 10.6. The number of tetrazole rings is 1. The molecule has 1 heterocycles. The van der Waals surface area contributed by atoms with Gasteiger partial charge < -0.3 is 11.1 Å². The van der Waals surface area contributed by atoms with Gasteiger partial charge in [-0.25, -0.2) is 4.68 Å². The maximum Gasteiger partial charge on any atom is 0.269 e. The van der Waals surface area contributed by atoms with Gasteiger partial charge in [0.15, 0.2) is 5.82 Å². The van der Waals surface area contributed by atoms with Gasteiger partial charge in [0.25, 0.3) is 5.69 Å². The molecule has 1 saturated carbocycles. The summed E-state index contributed by atoms with van der Waals surface area (Å²) in [6.07, 6.45) is 4.81. The van der Waals surface area contributed by atoms with Crippen molar-refractivity contribution in [1.29, 1.82) is 0 Å². The third kappa shape index (κ3) is 5.86. The molecule has 0 saturated heterocycles. The van der Waals surface area contributed by atoms with Crippen LogP contribution in [0, 0.1) is 15.5 Å². The Morgan fingerprint density at radius 3 is 2.32 bits per heavy atom. The van der Waals surface area contributed by atoms with Gasteiger partial charge in [-0.3, -0.25) is 10.1 Å². The summed E-state index contributed by atoms with van der Waals surface area (Å²) < 4.78 is 1.91. The molecule has 9 heteroatoms. The van der Waals surface area contributed by atoms with Gasteiger partial charge in [0, 0.05) is 24.2 Å². The average Bonchev–Trinajstić information content (AvgIpc) is 3.16. The number of non-ortho nitro benzene ring substituents is 1. The van der Waals surface area contributed by atoms with E-state index in [1.807, 2.05) is 4.68 Å². The zero-order valence-corrected chi connectivity index (χ0v) is 19.2. The minimum atomic E-state index is -0.384. The summed E-state index contributed by atoms with van der Waals surface area (Å²) in [6.45, 7) is 10.9. The van der Waals surface area contributed by atoms with Crippen LogP contribution in [0.3, 0.4) is 0 Å². The maximum atomic E-state index is 11.1. The first-order valence-electron chi connectivity index (χ1n) is 11.0. The number of nitro groups is 1. The van der Waals surface area contributed by atoms with Crippen LogP contribution in [0.5, 0.6) is 0 Å². The quantitative estimate of drug-likeness (QED) is 0.508. The normalized spacial score (nSPS) is 21.1. The number of nitro benzene ring substituents is 1. The summed E-state index contributed by atoms with van der Waals surface area (Å²) in [7, 11) is 0. The minimum Gasteiger partial charge on any atom is -0.328 e. The van der Waals surface area contributed by atoms with Crippen molar-refractivity contribution >= 4 is 5.69 Å². The molecule has 0 aliphatic heterocycles. The van der Waals surface area contributed by atoms with Crippen LogP contribution in [-0.2, 0) is 5.54 Å². The first-order chi connectivity index (χ1) is 14.5. The van der Waals surface area contributed by atoms with E-state index >= 15 is 0 Å². The Morgan fingerprint density at radius 1 is 1.16 bits per heavy atom. The number of aromatic nitrogens is 4. The van der Waals surface area contributed by atoms with Gasteiger partial charge in [0.2, 0.25) is 0 Å². The lowest BCUT2D eigenvalue weighted by molar-refractivity contribution is -0.384. The Bertz CT molecular complexity index is 878. The molecule has 1 unspecified atom stereocenters. The van der Waals surface area contributed by atoms with Gasteiger partial charge >= 0.3 is 0 Å². The van der Waals surface area contributed by atoms with Crippen molar-refractivity contribution in [3.8, 4) is 0 Å². The number of rotatable bonds is 7. The monoisotopic (exact) mass is 429 g/mol. The molecule has 0 spiro atoms. The lowest BCUT2D eigenvalue weighted by atomic mass is 9.81. The van der Waals surface area contributed by atoms with Crippen LogP contribution in [0.4, 0.5) is 5.69 Å². The van der Waals surface area contributed by atoms with Crippen LogP contribution in [0.15, 0.2) is 24.3 Å². The van der Waals surface area contributed by atoms with Gasteiger partial charge in [-0.05, 0) is 67.4 Å². The Morgan fingerprint density at radius 2 is 1.77 bits per heavy atom. The van der Waals surface area contributed by atoms with Gasteiger partial charge in [-0.2, -0.15) is 0 Å². The maximum absolute atomic E-state index is 11.1. The fourth-order valence-corrected chi connectivity index (χ4v) is 4.81. The second kappa shape index (κ2) is 9.00. The van der Waals surface area contributed by atoms with Crippen molar-refractivity contribution in [1.82, 2.24) is 25.5 Å². The molecular weight excluding hydrogens is 394 g/mol. The smallest absolute Gasteiger partial charge is 0.269 e. The van der Waals surface area contributed by atoms with Crippen molar-refractivity contribution in [2.45, 2.75) is 90.4 Å². The van der Waals surface area contributed by atoms with Gasteiger partial charge in [0.05, 0.1) is 16.5 Å². The van der Waals surface area contributed by atoms with E-state index in [9.17, 15) is 10.1 Å². The van der Waals surface area contributed by atoms with Crippen molar-refractivity contribution in [2.24, 2.45) is 11.1 Å². The summed E-state index contributed by atoms with van der Waals surface area (Å²) in [5.74, 6) is 0.720. The summed E-state index contributed by atoms with van der Waals surface area (Å²) in [6, 6.07) is 6.93. The van der Waals surface area contributed by atoms with E-state index in [1.165, 1.54) is 12.1 Å². The first-order valence-corrected chi connectivity index (χ1v) is 11.0. The second-order valence-electron chi connectivity index (χ2n) is 10.6. The molecule has 1 aliphatic rings. The fraction of sp³-hybridized carbons (Fsp3) is 0.682. The highest BCUT2D eigenvalue weighted by molar-refractivity contribution is 5.36. The molecule has 0 amide bonds. The van der Waals surface area contributed by atoms with Crippen molar-refractivity contribution in [2.75, 3.05) is 0 Å².